The van der Waals surface area contributed by atoms with Gasteiger partial charge in [0.1, 0.15) is 0 Å². The van der Waals surface area contributed by atoms with Crippen LogP contribution in [0.25, 0.3) is 0 Å². The first-order chi connectivity index (χ1) is 13.7. The molecule has 1 saturated heterocycles. The third-order valence-corrected chi connectivity index (χ3v) is 4.84. The Labute approximate surface area is 168 Å². The van der Waals surface area contributed by atoms with E-state index in [9.17, 15) is 4.79 Å². The second-order valence-electron chi connectivity index (χ2n) is 6.42. The van der Waals surface area contributed by atoms with Crippen LogP contribution in [0, 0.1) is 0 Å². The van der Waals surface area contributed by atoms with Gasteiger partial charge in [0.05, 0.1) is 0 Å². The molecule has 0 aliphatic carbocycles. The molecule has 0 spiro atoms. The summed E-state index contributed by atoms with van der Waals surface area (Å²) in [6.07, 6.45) is 3.43. The molecule has 1 fully saturated rings. The predicted octanol–water partition coefficient (Wildman–Crippen LogP) is 3.23. The van der Waals surface area contributed by atoms with Crippen molar-refractivity contribution >= 4 is 34.8 Å². The Bertz CT molecular complexity index is 925. The van der Waals surface area contributed by atoms with E-state index in [1.165, 1.54) is 0 Å². The molecule has 0 radical (unpaired) electrons. The maximum atomic E-state index is 12.6. The Balaban J connectivity index is 1.34. The van der Waals surface area contributed by atoms with Crippen molar-refractivity contribution in [3.8, 4) is 0 Å². The van der Waals surface area contributed by atoms with E-state index in [1.807, 2.05) is 29.2 Å². The Morgan fingerprint density at radius 1 is 0.893 bits per heavy atom. The fraction of sp³-hybridized carbons (Fsp3) is 0.200. The predicted molar refractivity (Wildman–Crippen MR) is 109 cm³/mol. The van der Waals surface area contributed by atoms with Crippen molar-refractivity contribution < 1.29 is 4.79 Å². The number of carbonyl (C=O) groups excluding carboxylic acids is 1. The quantitative estimate of drug-likeness (QED) is 0.732. The smallest absolute Gasteiger partial charge is 0.253 e. The number of nitrogens with zero attached hydrogens (tertiary/aromatic N) is 5. The number of pyridine rings is 1. The molecule has 1 amide bonds. The van der Waals surface area contributed by atoms with Crippen molar-refractivity contribution in [1.29, 1.82) is 0 Å². The summed E-state index contributed by atoms with van der Waals surface area (Å²) in [5.41, 5.74) is 1.57. The zero-order chi connectivity index (χ0) is 19.3. The normalized spacial score (nSPS) is 14.0. The maximum Gasteiger partial charge on any atom is 0.253 e. The fourth-order valence-corrected chi connectivity index (χ4v) is 3.18. The van der Waals surface area contributed by atoms with Gasteiger partial charge in [0.2, 0.25) is 0 Å². The van der Waals surface area contributed by atoms with Crippen molar-refractivity contribution in [3.05, 3.63) is 71.5 Å². The number of nitrogens with one attached hydrogen (secondary N) is 1. The highest BCUT2D eigenvalue weighted by molar-refractivity contribution is 6.30. The van der Waals surface area contributed by atoms with Crippen LogP contribution in [0.15, 0.2) is 60.9 Å². The average Bonchev–Trinajstić information content (AvgIpc) is 2.75. The van der Waals surface area contributed by atoms with Crippen LogP contribution in [0.2, 0.25) is 5.02 Å². The van der Waals surface area contributed by atoms with Crippen LogP contribution in [-0.2, 0) is 0 Å². The Morgan fingerprint density at radius 3 is 2.25 bits per heavy atom. The van der Waals surface area contributed by atoms with Gasteiger partial charge in [-0.1, -0.05) is 11.6 Å². The first-order valence-corrected chi connectivity index (χ1v) is 9.37. The highest BCUT2D eigenvalue weighted by Crippen LogP contribution is 2.18. The minimum Gasteiger partial charge on any atom is -0.352 e. The van der Waals surface area contributed by atoms with Crippen molar-refractivity contribution in [2.45, 2.75) is 0 Å². The highest BCUT2D eigenvalue weighted by atomic mass is 35.5. The van der Waals surface area contributed by atoms with Crippen LogP contribution in [0.3, 0.4) is 0 Å². The van der Waals surface area contributed by atoms with E-state index in [4.69, 9.17) is 11.6 Å². The number of benzene rings is 1. The number of amides is 1. The number of halogens is 1. The van der Waals surface area contributed by atoms with Gasteiger partial charge < -0.3 is 15.1 Å². The number of rotatable bonds is 4. The summed E-state index contributed by atoms with van der Waals surface area (Å²) >= 11 is 5.89. The van der Waals surface area contributed by atoms with Crippen molar-refractivity contribution in [2.75, 3.05) is 36.4 Å². The summed E-state index contributed by atoms with van der Waals surface area (Å²) in [5, 5.41) is 12.4. The lowest BCUT2D eigenvalue weighted by Crippen LogP contribution is -2.49. The van der Waals surface area contributed by atoms with Gasteiger partial charge in [-0.05, 0) is 48.5 Å². The number of aromatic nitrogens is 3. The van der Waals surface area contributed by atoms with Crippen LogP contribution in [-0.4, -0.2) is 52.2 Å². The topological polar surface area (TPSA) is 74.2 Å². The third-order valence-electron chi connectivity index (χ3n) is 4.59. The second-order valence-corrected chi connectivity index (χ2v) is 6.86. The lowest BCUT2D eigenvalue weighted by molar-refractivity contribution is 0.0746. The van der Waals surface area contributed by atoms with E-state index < -0.39 is 0 Å². The van der Waals surface area contributed by atoms with E-state index in [0.717, 1.165) is 11.5 Å². The summed E-state index contributed by atoms with van der Waals surface area (Å²) < 4.78 is 0. The molecule has 0 bridgehead atoms. The van der Waals surface area contributed by atoms with Gasteiger partial charge in [-0.15, -0.1) is 10.2 Å². The van der Waals surface area contributed by atoms with Gasteiger partial charge >= 0.3 is 0 Å². The number of carbonyl (C=O) groups is 1. The van der Waals surface area contributed by atoms with Crippen LogP contribution in [0.5, 0.6) is 0 Å². The second kappa shape index (κ2) is 8.22. The summed E-state index contributed by atoms with van der Waals surface area (Å²) in [4.78, 5) is 20.6. The minimum absolute atomic E-state index is 0.0271. The molecule has 3 heterocycles. The number of piperazine rings is 1. The van der Waals surface area contributed by atoms with Gasteiger partial charge in [-0.25, -0.2) is 0 Å². The molecule has 8 heteroatoms. The molecule has 7 nitrogen and oxygen atoms in total. The SMILES string of the molecule is O=C(c1ccc(Cl)cc1)N1CCN(c2ccc(Nc3ccncc3)nn2)CC1. The van der Waals surface area contributed by atoms with E-state index in [2.05, 4.69) is 25.4 Å². The van der Waals surface area contributed by atoms with Gasteiger partial charge in [-0.3, -0.25) is 9.78 Å². The first-order valence-electron chi connectivity index (χ1n) is 8.99. The van der Waals surface area contributed by atoms with Gasteiger partial charge in [-0.2, -0.15) is 0 Å². The van der Waals surface area contributed by atoms with Crippen LogP contribution >= 0.6 is 11.6 Å². The Hall–Kier alpha value is -3.19. The van der Waals surface area contributed by atoms with Crippen molar-refractivity contribution in [3.63, 3.8) is 0 Å². The lowest BCUT2D eigenvalue weighted by atomic mass is 10.2. The maximum absolute atomic E-state index is 12.6. The molecule has 1 aliphatic rings. The molecular weight excluding hydrogens is 376 g/mol. The molecule has 0 atom stereocenters. The molecule has 1 aliphatic heterocycles. The standard InChI is InChI=1S/C20H19ClN6O/c21-16-3-1-15(2-4-16)20(28)27-13-11-26(12-14-27)19-6-5-18(24-25-19)23-17-7-9-22-10-8-17/h1-10H,11-14H2,(H,22,23,24). The Morgan fingerprint density at radius 2 is 1.61 bits per heavy atom. The largest absolute Gasteiger partial charge is 0.352 e. The summed E-state index contributed by atoms with van der Waals surface area (Å²) in [5.74, 6) is 1.50. The lowest BCUT2D eigenvalue weighted by Gasteiger charge is -2.35. The van der Waals surface area contributed by atoms with E-state index in [-0.39, 0.29) is 5.91 Å². The third kappa shape index (κ3) is 4.20. The summed E-state index contributed by atoms with van der Waals surface area (Å²) in [6, 6.07) is 14.6. The fourth-order valence-electron chi connectivity index (χ4n) is 3.06. The molecule has 1 N–H and O–H groups in total. The van der Waals surface area contributed by atoms with Gasteiger partial charge in [0.15, 0.2) is 11.6 Å². The molecular formula is C20H19ClN6O. The summed E-state index contributed by atoms with van der Waals surface area (Å²) in [6.45, 7) is 2.70. The van der Waals surface area contributed by atoms with Gasteiger partial charge in [0.25, 0.3) is 5.91 Å². The van der Waals surface area contributed by atoms with Crippen LogP contribution in [0.1, 0.15) is 10.4 Å². The first kappa shape index (κ1) is 18.2. The molecule has 0 unspecified atom stereocenters. The average molecular weight is 395 g/mol. The molecule has 3 aromatic rings. The zero-order valence-electron chi connectivity index (χ0n) is 15.1. The number of hydrogen-bond donors (Lipinski definition) is 1. The molecule has 28 heavy (non-hydrogen) atoms. The van der Waals surface area contributed by atoms with Crippen LogP contribution in [0.4, 0.5) is 17.3 Å². The molecule has 2 aromatic heterocycles. The number of hydrogen-bond acceptors (Lipinski definition) is 6. The minimum atomic E-state index is 0.0271. The van der Waals surface area contributed by atoms with E-state index in [0.29, 0.717) is 42.6 Å². The van der Waals surface area contributed by atoms with E-state index >= 15 is 0 Å². The molecule has 1 aromatic carbocycles. The Kier molecular flexibility index (Phi) is 5.34. The zero-order valence-corrected chi connectivity index (χ0v) is 15.9. The van der Waals surface area contributed by atoms with Crippen molar-refractivity contribution in [2.24, 2.45) is 0 Å². The molecule has 4 rings (SSSR count). The highest BCUT2D eigenvalue weighted by Gasteiger charge is 2.23. The molecule has 142 valence electrons. The molecule has 0 saturated carbocycles. The van der Waals surface area contributed by atoms with Crippen LogP contribution < -0.4 is 10.2 Å². The monoisotopic (exact) mass is 394 g/mol. The van der Waals surface area contributed by atoms with Gasteiger partial charge in [0, 0.05) is 54.8 Å². The van der Waals surface area contributed by atoms with E-state index in [1.54, 1.807) is 36.7 Å². The summed E-state index contributed by atoms with van der Waals surface area (Å²) in [7, 11) is 0. The van der Waals surface area contributed by atoms with Crippen molar-refractivity contribution in [1.82, 2.24) is 20.1 Å². The number of anilines is 3.